The lowest BCUT2D eigenvalue weighted by Gasteiger charge is -2.22. The molecule has 2 aromatic rings. The molecule has 0 radical (unpaired) electrons. The van der Waals surface area contributed by atoms with Crippen molar-refractivity contribution in [1.82, 2.24) is 10.2 Å². The number of rotatable bonds is 9. The van der Waals surface area contributed by atoms with Crippen molar-refractivity contribution in [3.8, 4) is 11.5 Å². The normalized spacial score (nSPS) is 10.3. The summed E-state index contributed by atoms with van der Waals surface area (Å²) in [5, 5.41) is 2.79. The highest BCUT2D eigenvalue weighted by Gasteiger charge is 2.14. The maximum absolute atomic E-state index is 12.5. The minimum Gasteiger partial charge on any atom is -0.493 e. The number of methoxy groups -OCH3 is 2. The first-order valence-corrected chi connectivity index (χ1v) is 9.80. The third kappa shape index (κ3) is 5.99. The van der Waals surface area contributed by atoms with Gasteiger partial charge in [0.25, 0.3) is 5.91 Å². The van der Waals surface area contributed by atoms with Crippen LogP contribution in [0.4, 0.5) is 0 Å². The molecule has 0 saturated heterocycles. The van der Waals surface area contributed by atoms with Gasteiger partial charge >= 0.3 is 0 Å². The van der Waals surface area contributed by atoms with Crippen molar-refractivity contribution in [2.24, 2.45) is 0 Å². The Balaban J connectivity index is 1.89. The van der Waals surface area contributed by atoms with Crippen molar-refractivity contribution in [3.05, 3.63) is 58.1 Å². The Morgan fingerprint density at radius 3 is 2.32 bits per heavy atom. The Hall–Kier alpha value is -2.54. The number of carbonyl (C=O) groups excluding carboxylic acids is 2. The highest BCUT2D eigenvalue weighted by atomic mass is 79.9. The Labute approximate surface area is 174 Å². The highest BCUT2D eigenvalue weighted by molar-refractivity contribution is 9.10. The van der Waals surface area contributed by atoms with Crippen LogP contribution in [0, 0.1) is 0 Å². The summed E-state index contributed by atoms with van der Waals surface area (Å²) < 4.78 is 11.5. The van der Waals surface area contributed by atoms with Gasteiger partial charge in [0, 0.05) is 36.1 Å². The molecule has 6 nitrogen and oxygen atoms in total. The first-order chi connectivity index (χ1) is 13.5. The molecule has 2 rings (SSSR count). The largest absolute Gasteiger partial charge is 0.493 e. The van der Waals surface area contributed by atoms with E-state index in [4.69, 9.17) is 9.47 Å². The summed E-state index contributed by atoms with van der Waals surface area (Å²) in [4.78, 5) is 26.4. The summed E-state index contributed by atoms with van der Waals surface area (Å²) in [7, 11) is 3.17. The number of ether oxygens (including phenoxy) is 2. The highest BCUT2D eigenvalue weighted by Crippen LogP contribution is 2.28. The molecule has 0 fully saturated rings. The second kappa shape index (κ2) is 10.7. The van der Waals surface area contributed by atoms with E-state index in [1.165, 1.54) is 0 Å². The lowest BCUT2D eigenvalue weighted by atomic mass is 10.1. The number of hydrogen-bond acceptors (Lipinski definition) is 4. The molecule has 0 aromatic heterocycles. The summed E-state index contributed by atoms with van der Waals surface area (Å²) in [6.07, 6.45) is 0.239. The van der Waals surface area contributed by atoms with E-state index in [0.29, 0.717) is 30.2 Å². The molecule has 28 heavy (non-hydrogen) atoms. The van der Waals surface area contributed by atoms with E-state index in [9.17, 15) is 9.59 Å². The standard InChI is InChI=1S/C21H25BrN2O4/c1-4-24(14-15-5-10-18(27-2)19(13-15)28-3)20(25)11-12-23-21(26)16-6-8-17(22)9-7-16/h5-10,13H,4,11-12,14H2,1-3H3,(H,23,26). The molecule has 0 unspecified atom stereocenters. The Kier molecular flexibility index (Phi) is 8.32. The molecule has 0 spiro atoms. The lowest BCUT2D eigenvalue weighted by Crippen LogP contribution is -2.34. The van der Waals surface area contributed by atoms with Gasteiger partial charge in [0.1, 0.15) is 0 Å². The predicted molar refractivity (Wildman–Crippen MR) is 112 cm³/mol. The van der Waals surface area contributed by atoms with Crippen LogP contribution in [0.2, 0.25) is 0 Å². The average molecular weight is 449 g/mol. The molecule has 7 heteroatoms. The number of halogens is 1. The maximum atomic E-state index is 12.5. The van der Waals surface area contributed by atoms with Crippen LogP contribution in [-0.4, -0.2) is 44.0 Å². The Morgan fingerprint density at radius 2 is 1.71 bits per heavy atom. The van der Waals surface area contributed by atoms with Crippen LogP contribution in [0.5, 0.6) is 11.5 Å². The van der Waals surface area contributed by atoms with Gasteiger partial charge in [-0.05, 0) is 48.9 Å². The molecule has 2 aromatic carbocycles. The average Bonchev–Trinajstić information content (AvgIpc) is 2.71. The number of nitrogens with zero attached hydrogens (tertiary/aromatic N) is 1. The van der Waals surface area contributed by atoms with Crippen LogP contribution < -0.4 is 14.8 Å². The topological polar surface area (TPSA) is 67.9 Å². The van der Waals surface area contributed by atoms with Crippen molar-refractivity contribution in [1.29, 1.82) is 0 Å². The minimum absolute atomic E-state index is 0.0200. The summed E-state index contributed by atoms with van der Waals surface area (Å²) in [6, 6.07) is 12.7. The number of hydrogen-bond donors (Lipinski definition) is 1. The Morgan fingerprint density at radius 1 is 1.04 bits per heavy atom. The van der Waals surface area contributed by atoms with Crippen molar-refractivity contribution in [3.63, 3.8) is 0 Å². The molecular formula is C21H25BrN2O4. The van der Waals surface area contributed by atoms with Crippen molar-refractivity contribution in [2.75, 3.05) is 27.3 Å². The van der Waals surface area contributed by atoms with E-state index in [0.717, 1.165) is 10.0 Å². The van der Waals surface area contributed by atoms with E-state index in [2.05, 4.69) is 21.2 Å². The lowest BCUT2D eigenvalue weighted by molar-refractivity contribution is -0.131. The van der Waals surface area contributed by atoms with E-state index in [1.54, 1.807) is 31.3 Å². The summed E-state index contributed by atoms with van der Waals surface area (Å²) in [5.74, 6) is 1.07. The van der Waals surface area contributed by atoms with Gasteiger partial charge < -0.3 is 19.7 Å². The fraction of sp³-hybridized carbons (Fsp3) is 0.333. The molecular weight excluding hydrogens is 424 g/mol. The predicted octanol–water partition coefficient (Wildman–Crippen LogP) is 3.63. The number of carbonyl (C=O) groups is 2. The van der Waals surface area contributed by atoms with E-state index in [-0.39, 0.29) is 24.8 Å². The molecule has 0 atom stereocenters. The van der Waals surface area contributed by atoms with E-state index < -0.39 is 0 Å². The Bertz CT molecular complexity index is 809. The number of benzene rings is 2. The van der Waals surface area contributed by atoms with Gasteiger partial charge in [-0.15, -0.1) is 0 Å². The molecule has 1 N–H and O–H groups in total. The molecule has 0 saturated carbocycles. The zero-order valence-electron chi connectivity index (χ0n) is 16.3. The monoisotopic (exact) mass is 448 g/mol. The molecule has 2 amide bonds. The van der Waals surface area contributed by atoms with Crippen LogP contribution in [-0.2, 0) is 11.3 Å². The quantitative estimate of drug-likeness (QED) is 0.635. The van der Waals surface area contributed by atoms with Gasteiger partial charge in [0.15, 0.2) is 11.5 Å². The SMILES string of the molecule is CCN(Cc1ccc(OC)c(OC)c1)C(=O)CCNC(=O)c1ccc(Br)cc1. The van der Waals surface area contributed by atoms with Gasteiger partial charge in [-0.25, -0.2) is 0 Å². The molecule has 0 aliphatic heterocycles. The fourth-order valence-corrected chi connectivity index (χ4v) is 2.98. The minimum atomic E-state index is -0.191. The zero-order valence-corrected chi connectivity index (χ0v) is 17.9. The molecule has 0 aliphatic carbocycles. The van der Waals surface area contributed by atoms with Gasteiger partial charge in [0.2, 0.25) is 5.91 Å². The van der Waals surface area contributed by atoms with Gasteiger partial charge in [-0.1, -0.05) is 22.0 Å². The molecule has 0 heterocycles. The fourth-order valence-electron chi connectivity index (χ4n) is 2.72. The van der Waals surface area contributed by atoms with E-state index in [1.807, 2.05) is 37.3 Å². The van der Waals surface area contributed by atoms with Crippen LogP contribution in [0.15, 0.2) is 46.9 Å². The molecule has 150 valence electrons. The van der Waals surface area contributed by atoms with Crippen molar-refractivity contribution in [2.45, 2.75) is 19.9 Å². The van der Waals surface area contributed by atoms with Crippen LogP contribution >= 0.6 is 15.9 Å². The third-order valence-electron chi connectivity index (χ3n) is 4.29. The van der Waals surface area contributed by atoms with Crippen molar-refractivity contribution < 1.29 is 19.1 Å². The molecule has 0 aliphatic rings. The first kappa shape index (κ1) is 21.8. The van der Waals surface area contributed by atoms with Gasteiger partial charge in [0.05, 0.1) is 14.2 Å². The summed E-state index contributed by atoms with van der Waals surface area (Å²) in [6.45, 7) is 3.26. The third-order valence-corrected chi connectivity index (χ3v) is 4.82. The summed E-state index contributed by atoms with van der Waals surface area (Å²) >= 11 is 3.34. The second-order valence-corrected chi connectivity index (χ2v) is 7.03. The maximum Gasteiger partial charge on any atom is 0.251 e. The smallest absolute Gasteiger partial charge is 0.251 e. The van der Waals surface area contributed by atoms with Gasteiger partial charge in [-0.2, -0.15) is 0 Å². The molecule has 0 bridgehead atoms. The van der Waals surface area contributed by atoms with Crippen LogP contribution in [0.1, 0.15) is 29.3 Å². The summed E-state index contributed by atoms with van der Waals surface area (Å²) in [5.41, 5.74) is 1.51. The first-order valence-electron chi connectivity index (χ1n) is 9.01. The number of amides is 2. The second-order valence-electron chi connectivity index (χ2n) is 6.11. The zero-order chi connectivity index (χ0) is 20.5. The van der Waals surface area contributed by atoms with Crippen LogP contribution in [0.25, 0.3) is 0 Å². The van der Waals surface area contributed by atoms with E-state index >= 15 is 0 Å². The number of nitrogens with one attached hydrogen (secondary N) is 1. The van der Waals surface area contributed by atoms with Crippen molar-refractivity contribution >= 4 is 27.7 Å². The van der Waals surface area contributed by atoms with Crippen LogP contribution in [0.3, 0.4) is 0 Å². The van der Waals surface area contributed by atoms with Gasteiger partial charge in [-0.3, -0.25) is 9.59 Å².